The molecule has 19 heavy (non-hydrogen) atoms. The summed E-state index contributed by atoms with van der Waals surface area (Å²) in [4.78, 5) is 17.1. The third kappa shape index (κ3) is 3.08. The second-order valence-corrected chi connectivity index (χ2v) is 5.50. The van der Waals surface area contributed by atoms with Crippen molar-refractivity contribution in [3.63, 3.8) is 0 Å². The summed E-state index contributed by atoms with van der Waals surface area (Å²) in [6.45, 7) is 4.52. The van der Waals surface area contributed by atoms with Gasteiger partial charge in [0, 0.05) is 9.75 Å². The van der Waals surface area contributed by atoms with Gasteiger partial charge in [-0.2, -0.15) is 0 Å². The minimum Gasteiger partial charge on any atom is -0.478 e. The van der Waals surface area contributed by atoms with E-state index in [0.29, 0.717) is 6.54 Å². The molecule has 0 saturated heterocycles. The van der Waals surface area contributed by atoms with Crippen LogP contribution in [0.3, 0.4) is 0 Å². The summed E-state index contributed by atoms with van der Waals surface area (Å²) in [5, 5.41) is 11.9. The number of pyridine rings is 1. The number of nitrogens with zero attached hydrogens (tertiary/aromatic N) is 1. The molecule has 2 aromatic rings. The average Bonchev–Trinajstić information content (AvgIpc) is 2.67. The molecular formula is C13H13FN2O2S. The van der Waals surface area contributed by atoms with Gasteiger partial charge in [0.2, 0.25) is 0 Å². The molecule has 2 rings (SSSR count). The van der Waals surface area contributed by atoms with Crippen molar-refractivity contribution in [2.75, 3.05) is 5.32 Å². The highest BCUT2D eigenvalue weighted by Crippen LogP contribution is 2.22. The summed E-state index contributed by atoms with van der Waals surface area (Å²) < 4.78 is 13.0. The van der Waals surface area contributed by atoms with Gasteiger partial charge < -0.3 is 10.4 Å². The predicted octanol–water partition coefficient (Wildman–Crippen LogP) is 3.21. The van der Waals surface area contributed by atoms with Crippen LogP contribution < -0.4 is 5.32 Å². The topological polar surface area (TPSA) is 62.2 Å². The minimum atomic E-state index is -1.20. The van der Waals surface area contributed by atoms with Crippen molar-refractivity contribution in [2.24, 2.45) is 0 Å². The monoisotopic (exact) mass is 280 g/mol. The van der Waals surface area contributed by atoms with E-state index in [0.717, 1.165) is 17.1 Å². The Morgan fingerprint density at radius 1 is 1.47 bits per heavy atom. The standard InChI is InChI=1S/C13H13FN2O2S/c1-7-3-10(19-8(7)2)6-16-12-11(13(17)18)4-9(14)5-15-12/h3-5H,6H2,1-2H3,(H,15,16)(H,17,18). The van der Waals surface area contributed by atoms with Crippen molar-refractivity contribution in [1.29, 1.82) is 0 Å². The van der Waals surface area contributed by atoms with Gasteiger partial charge in [0.15, 0.2) is 0 Å². The zero-order valence-corrected chi connectivity index (χ0v) is 11.3. The molecule has 0 aromatic carbocycles. The Hall–Kier alpha value is -1.95. The number of anilines is 1. The molecule has 0 aliphatic rings. The molecule has 0 unspecified atom stereocenters. The van der Waals surface area contributed by atoms with Gasteiger partial charge in [0.25, 0.3) is 0 Å². The van der Waals surface area contributed by atoms with Gasteiger partial charge in [-0.3, -0.25) is 0 Å². The molecule has 0 bridgehead atoms. The normalized spacial score (nSPS) is 10.5. The van der Waals surface area contributed by atoms with Crippen LogP contribution in [0.1, 0.15) is 25.7 Å². The summed E-state index contributed by atoms with van der Waals surface area (Å²) in [5.41, 5.74) is 1.04. The number of thiophene rings is 1. The van der Waals surface area contributed by atoms with Crippen molar-refractivity contribution < 1.29 is 14.3 Å². The summed E-state index contributed by atoms with van der Waals surface area (Å²) in [6, 6.07) is 3.00. The lowest BCUT2D eigenvalue weighted by Gasteiger charge is -2.07. The second-order valence-electron chi connectivity index (χ2n) is 4.16. The Morgan fingerprint density at radius 2 is 2.21 bits per heavy atom. The number of aromatic carboxylic acids is 1. The molecule has 0 amide bonds. The molecule has 0 spiro atoms. The first-order valence-electron chi connectivity index (χ1n) is 5.66. The molecule has 4 nitrogen and oxygen atoms in total. The van der Waals surface area contributed by atoms with E-state index in [-0.39, 0.29) is 11.4 Å². The fraction of sp³-hybridized carbons (Fsp3) is 0.231. The van der Waals surface area contributed by atoms with Gasteiger partial charge in [-0.15, -0.1) is 11.3 Å². The van der Waals surface area contributed by atoms with Crippen LogP contribution in [0.25, 0.3) is 0 Å². The number of hydrogen-bond acceptors (Lipinski definition) is 4. The highest BCUT2D eigenvalue weighted by molar-refractivity contribution is 7.12. The van der Waals surface area contributed by atoms with Gasteiger partial charge >= 0.3 is 5.97 Å². The molecule has 2 heterocycles. The van der Waals surface area contributed by atoms with E-state index in [1.165, 1.54) is 10.4 Å². The molecule has 6 heteroatoms. The van der Waals surface area contributed by atoms with E-state index in [1.807, 2.05) is 19.9 Å². The Morgan fingerprint density at radius 3 is 2.79 bits per heavy atom. The second kappa shape index (κ2) is 5.36. The van der Waals surface area contributed by atoms with Gasteiger partial charge in [0.05, 0.1) is 12.7 Å². The van der Waals surface area contributed by atoms with Crippen LogP contribution in [-0.2, 0) is 6.54 Å². The Bertz CT molecular complexity index is 606. The molecule has 0 aliphatic heterocycles. The third-order valence-electron chi connectivity index (χ3n) is 2.73. The van der Waals surface area contributed by atoms with Gasteiger partial charge in [-0.1, -0.05) is 0 Å². The van der Waals surface area contributed by atoms with E-state index < -0.39 is 11.8 Å². The largest absolute Gasteiger partial charge is 0.478 e. The van der Waals surface area contributed by atoms with Crippen LogP contribution >= 0.6 is 11.3 Å². The highest BCUT2D eigenvalue weighted by Gasteiger charge is 2.13. The van der Waals surface area contributed by atoms with Crippen molar-refractivity contribution in [3.8, 4) is 0 Å². The molecule has 2 aromatic heterocycles. The van der Waals surface area contributed by atoms with Crippen LogP contribution in [0.5, 0.6) is 0 Å². The van der Waals surface area contributed by atoms with Crippen molar-refractivity contribution in [2.45, 2.75) is 20.4 Å². The number of hydrogen-bond donors (Lipinski definition) is 2. The van der Waals surface area contributed by atoms with Gasteiger partial charge in [-0.25, -0.2) is 14.2 Å². The molecule has 0 saturated carbocycles. The molecule has 0 atom stereocenters. The highest BCUT2D eigenvalue weighted by atomic mass is 32.1. The molecule has 100 valence electrons. The lowest BCUT2D eigenvalue weighted by Crippen LogP contribution is -2.08. The summed E-state index contributed by atoms with van der Waals surface area (Å²) in [7, 11) is 0. The summed E-state index contributed by atoms with van der Waals surface area (Å²) in [6.07, 6.45) is 1.000. The number of nitrogens with one attached hydrogen (secondary N) is 1. The maximum atomic E-state index is 13.0. The lowest BCUT2D eigenvalue weighted by atomic mass is 10.2. The number of carboxylic acid groups (broad SMARTS) is 1. The number of aryl methyl sites for hydroxylation is 2. The smallest absolute Gasteiger partial charge is 0.339 e. The van der Waals surface area contributed by atoms with Crippen LogP contribution in [0.2, 0.25) is 0 Å². The van der Waals surface area contributed by atoms with E-state index in [1.54, 1.807) is 11.3 Å². The van der Waals surface area contributed by atoms with Gasteiger partial charge in [-0.05, 0) is 31.5 Å². The lowest BCUT2D eigenvalue weighted by molar-refractivity contribution is 0.0697. The van der Waals surface area contributed by atoms with E-state index in [4.69, 9.17) is 5.11 Å². The number of halogens is 1. The number of rotatable bonds is 4. The van der Waals surface area contributed by atoms with Crippen LogP contribution in [0.4, 0.5) is 10.2 Å². The first kappa shape index (κ1) is 13.5. The van der Waals surface area contributed by atoms with Crippen molar-refractivity contribution in [1.82, 2.24) is 4.98 Å². The van der Waals surface area contributed by atoms with Crippen molar-refractivity contribution >= 4 is 23.1 Å². The number of carboxylic acids is 1. The number of carbonyl (C=O) groups is 1. The Kier molecular flexibility index (Phi) is 3.80. The van der Waals surface area contributed by atoms with E-state index in [2.05, 4.69) is 10.3 Å². The molecule has 2 N–H and O–H groups in total. The zero-order valence-electron chi connectivity index (χ0n) is 10.5. The maximum absolute atomic E-state index is 13.0. The molecule has 0 fully saturated rings. The Balaban J connectivity index is 2.17. The fourth-order valence-electron chi connectivity index (χ4n) is 1.65. The fourth-order valence-corrected chi connectivity index (χ4v) is 2.64. The molecule has 0 radical (unpaired) electrons. The van der Waals surface area contributed by atoms with Gasteiger partial charge in [0.1, 0.15) is 17.2 Å². The Labute approximate surface area is 113 Å². The molecule has 0 aliphatic carbocycles. The minimum absolute atomic E-state index is 0.162. The number of aromatic nitrogens is 1. The van der Waals surface area contributed by atoms with Crippen molar-refractivity contribution in [3.05, 3.63) is 45.0 Å². The third-order valence-corrected chi connectivity index (χ3v) is 3.88. The van der Waals surface area contributed by atoms with Crippen LogP contribution in [-0.4, -0.2) is 16.1 Å². The quantitative estimate of drug-likeness (QED) is 0.902. The SMILES string of the molecule is Cc1cc(CNc2ncc(F)cc2C(=O)O)sc1C. The predicted molar refractivity (Wildman–Crippen MR) is 72.3 cm³/mol. The zero-order chi connectivity index (χ0) is 14.0. The summed E-state index contributed by atoms with van der Waals surface area (Å²) >= 11 is 1.64. The van der Waals surface area contributed by atoms with E-state index >= 15 is 0 Å². The first-order valence-corrected chi connectivity index (χ1v) is 6.47. The maximum Gasteiger partial charge on any atom is 0.339 e. The van der Waals surface area contributed by atoms with Crippen LogP contribution in [0, 0.1) is 19.7 Å². The van der Waals surface area contributed by atoms with Crippen LogP contribution in [0.15, 0.2) is 18.3 Å². The van der Waals surface area contributed by atoms with E-state index in [9.17, 15) is 9.18 Å². The first-order chi connectivity index (χ1) is 8.97. The summed E-state index contributed by atoms with van der Waals surface area (Å²) in [5.74, 6) is -1.68. The molecular weight excluding hydrogens is 267 g/mol. The average molecular weight is 280 g/mol.